The summed E-state index contributed by atoms with van der Waals surface area (Å²) < 4.78 is 2.18. The van der Waals surface area contributed by atoms with E-state index in [-0.39, 0.29) is 5.92 Å². The minimum atomic E-state index is 0.282. The number of para-hydroxylation sites is 3. The van der Waals surface area contributed by atoms with Gasteiger partial charge in [0.1, 0.15) is 5.82 Å². The number of allylic oxidation sites excluding steroid dienone is 9. The Balaban J connectivity index is 1.09. The zero-order valence-corrected chi connectivity index (χ0v) is 23.7. The van der Waals surface area contributed by atoms with Crippen molar-refractivity contribution in [2.24, 2.45) is 18.0 Å². The number of benzene rings is 3. The van der Waals surface area contributed by atoms with E-state index in [1.165, 1.54) is 28.0 Å². The maximum absolute atomic E-state index is 5.18. The van der Waals surface area contributed by atoms with E-state index in [4.69, 9.17) is 9.98 Å². The second-order valence-corrected chi connectivity index (χ2v) is 11.4. The molecule has 0 spiro atoms. The average Bonchev–Trinajstić information content (AvgIpc) is 3.54. The molecule has 0 amide bonds. The van der Waals surface area contributed by atoms with Crippen LogP contribution in [0.25, 0.3) is 22.2 Å². The van der Waals surface area contributed by atoms with Gasteiger partial charge >= 0.3 is 0 Å². The molecular formula is C38H32N4. The zero-order valence-electron chi connectivity index (χ0n) is 23.7. The van der Waals surface area contributed by atoms with E-state index in [9.17, 15) is 0 Å². The number of hydrogen-bond donors (Lipinski definition) is 0. The molecule has 0 radical (unpaired) electrons. The third-order valence-electron chi connectivity index (χ3n) is 8.88. The number of rotatable bonds is 5. The van der Waals surface area contributed by atoms with Crippen LogP contribution in [0.5, 0.6) is 0 Å². The van der Waals surface area contributed by atoms with Gasteiger partial charge in [-0.2, -0.15) is 0 Å². The van der Waals surface area contributed by atoms with Crippen molar-refractivity contribution in [3.05, 3.63) is 156 Å². The summed E-state index contributed by atoms with van der Waals surface area (Å²) in [7, 11) is 2.09. The Labute approximate surface area is 246 Å². The van der Waals surface area contributed by atoms with Gasteiger partial charge in [0.2, 0.25) is 0 Å². The number of aryl methyl sites for hydroxylation is 1. The fraction of sp³-hybridized carbons (Fsp3) is 0.158. The first-order chi connectivity index (χ1) is 20.7. The van der Waals surface area contributed by atoms with E-state index in [0.29, 0.717) is 6.04 Å². The van der Waals surface area contributed by atoms with Crippen molar-refractivity contribution in [3.63, 3.8) is 0 Å². The van der Waals surface area contributed by atoms with Crippen LogP contribution in [-0.4, -0.2) is 21.3 Å². The fourth-order valence-electron chi connectivity index (χ4n) is 6.77. The van der Waals surface area contributed by atoms with Gasteiger partial charge in [-0.05, 0) is 66.0 Å². The smallest absolute Gasteiger partial charge is 0.142 e. The molecule has 2 atom stereocenters. The molecule has 204 valence electrons. The predicted molar refractivity (Wildman–Crippen MR) is 174 cm³/mol. The molecule has 4 nitrogen and oxygen atoms in total. The fourth-order valence-corrected chi connectivity index (χ4v) is 6.77. The topological polar surface area (TPSA) is 33.4 Å². The van der Waals surface area contributed by atoms with Crippen LogP contribution in [0.3, 0.4) is 0 Å². The summed E-state index contributed by atoms with van der Waals surface area (Å²) >= 11 is 0. The Bertz CT molecular complexity index is 1930. The molecule has 2 unspecified atom stereocenters. The van der Waals surface area contributed by atoms with Crippen molar-refractivity contribution in [2.75, 3.05) is 4.90 Å². The molecule has 2 aliphatic carbocycles. The van der Waals surface area contributed by atoms with Crippen LogP contribution in [0.4, 0.5) is 5.69 Å². The zero-order chi connectivity index (χ0) is 28.0. The SMILES string of the molecule is Cn1c(C2=C3N=C(/C=C/C4=CCC5C(=C4)c4ccccc4N5Cc4ccccc4)C=CC3CC=C2)nc2ccccc21. The Morgan fingerprint density at radius 2 is 1.71 bits per heavy atom. The number of hydrogen-bond acceptors (Lipinski definition) is 3. The van der Waals surface area contributed by atoms with Crippen molar-refractivity contribution in [2.45, 2.75) is 25.4 Å². The van der Waals surface area contributed by atoms with Crippen molar-refractivity contribution in [1.82, 2.24) is 9.55 Å². The third-order valence-corrected chi connectivity index (χ3v) is 8.88. The normalized spacial score (nSPS) is 20.9. The first kappa shape index (κ1) is 24.8. The van der Waals surface area contributed by atoms with E-state index in [2.05, 4.69) is 138 Å². The number of anilines is 1. The highest BCUT2D eigenvalue weighted by Gasteiger charge is 2.34. The Morgan fingerprint density at radius 1 is 0.881 bits per heavy atom. The molecular weight excluding hydrogens is 512 g/mol. The summed E-state index contributed by atoms with van der Waals surface area (Å²) in [6.07, 6.45) is 20.0. The molecule has 8 rings (SSSR count). The van der Waals surface area contributed by atoms with Gasteiger partial charge in [0.05, 0.1) is 28.5 Å². The van der Waals surface area contributed by atoms with Crippen LogP contribution < -0.4 is 4.90 Å². The van der Waals surface area contributed by atoms with Crippen molar-refractivity contribution < 1.29 is 0 Å². The molecule has 4 aromatic rings. The highest BCUT2D eigenvalue weighted by atomic mass is 15.2. The number of aromatic nitrogens is 2. The molecule has 0 saturated heterocycles. The van der Waals surface area contributed by atoms with E-state index in [1.807, 2.05) is 6.07 Å². The molecule has 2 aliphatic heterocycles. The van der Waals surface area contributed by atoms with Gasteiger partial charge in [-0.3, -0.25) is 4.99 Å². The second kappa shape index (κ2) is 10.1. The van der Waals surface area contributed by atoms with Crippen molar-refractivity contribution >= 4 is 33.6 Å². The Morgan fingerprint density at radius 3 is 2.62 bits per heavy atom. The highest BCUT2D eigenvalue weighted by molar-refractivity contribution is 6.06. The molecule has 0 N–H and O–H groups in total. The molecule has 4 aliphatic rings. The van der Waals surface area contributed by atoms with E-state index in [1.54, 1.807) is 0 Å². The lowest BCUT2D eigenvalue weighted by atomic mass is 9.89. The lowest BCUT2D eigenvalue weighted by Gasteiger charge is -2.29. The summed E-state index contributed by atoms with van der Waals surface area (Å²) in [5, 5.41) is 0. The summed E-state index contributed by atoms with van der Waals surface area (Å²) in [5.41, 5.74) is 12.0. The first-order valence-corrected chi connectivity index (χ1v) is 14.8. The summed E-state index contributed by atoms with van der Waals surface area (Å²) in [5.74, 6) is 1.25. The largest absolute Gasteiger partial charge is 0.359 e. The van der Waals surface area contributed by atoms with Gasteiger partial charge in [-0.15, -0.1) is 0 Å². The number of aliphatic imine (C=N–C) groups is 1. The summed E-state index contributed by atoms with van der Waals surface area (Å²) in [4.78, 5) is 12.7. The van der Waals surface area contributed by atoms with Crippen molar-refractivity contribution in [1.29, 1.82) is 0 Å². The summed E-state index contributed by atoms with van der Waals surface area (Å²) in [6, 6.07) is 28.3. The molecule has 4 heteroatoms. The number of dihydropyridines is 1. The monoisotopic (exact) mass is 544 g/mol. The quantitative estimate of drug-likeness (QED) is 0.254. The van der Waals surface area contributed by atoms with Crippen LogP contribution in [0, 0.1) is 5.92 Å². The number of fused-ring (bicyclic) bond motifs is 5. The maximum atomic E-state index is 5.18. The highest BCUT2D eigenvalue weighted by Crippen LogP contribution is 2.45. The summed E-state index contributed by atoms with van der Waals surface area (Å²) in [6.45, 7) is 0.916. The van der Waals surface area contributed by atoms with Gasteiger partial charge in [-0.1, -0.05) is 91.0 Å². The van der Waals surface area contributed by atoms with Crippen LogP contribution >= 0.6 is 0 Å². The van der Waals surface area contributed by atoms with Gasteiger partial charge in [0, 0.05) is 36.3 Å². The number of imidazole rings is 1. The third kappa shape index (κ3) is 4.22. The Hall–Kier alpha value is -4.96. The number of nitrogens with zero attached hydrogens (tertiary/aromatic N) is 4. The van der Waals surface area contributed by atoms with Crippen LogP contribution in [0.1, 0.15) is 29.8 Å². The van der Waals surface area contributed by atoms with Crippen LogP contribution in [0.15, 0.2) is 144 Å². The minimum absolute atomic E-state index is 0.282. The standard InChI is InChI=1S/C38H32N4/c1-41-36-17-8-6-15-33(36)40-38(41)31-14-9-12-28-20-22-29(39-37(28)31)21-18-26-19-23-35-32(24-26)30-13-5-7-16-34(30)42(35)25-27-10-3-2-4-11-27/h2-11,13-22,24,28,35H,12,23,25H2,1H3/b21-18+. The lowest BCUT2D eigenvalue weighted by Crippen LogP contribution is -2.31. The van der Waals surface area contributed by atoms with Gasteiger partial charge in [-0.25, -0.2) is 4.98 Å². The van der Waals surface area contributed by atoms with Gasteiger partial charge < -0.3 is 9.47 Å². The first-order valence-electron chi connectivity index (χ1n) is 14.8. The Kier molecular flexibility index (Phi) is 5.99. The van der Waals surface area contributed by atoms with E-state index >= 15 is 0 Å². The lowest BCUT2D eigenvalue weighted by molar-refractivity contribution is 0.719. The van der Waals surface area contributed by atoms with Crippen LogP contribution in [0.2, 0.25) is 0 Å². The van der Waals surface area contributed by atoms with Gasteiger partial charge in [0.25, 0.3) is 0 Å². The van der Waals surface area contributed by atoms with E-state index < -0.39 is 0 Å². The molecule has 42 heavy (non-hydrogen) atoms. The van der Waals surface area contributed by atoms with Gasteiger partial charge in [0.15, 0.2) is 0 Å². The predicted octanol–water partition coefficient (Wildman–Crippen LogP) is 8.23. The molecule has 0 bridgehead atoms. The van der Waals surface area contributed by atoms with E-state index in [0.717, 1.165) is 53.2 Å². The molecule has 3 aromatic carbocycles. The minimum Gasteiger partial charge on any atom is -0.359 e. The maximum Gasteiger partial charge on any atom is 0.142 e. The second-order valence-electron chi connectivity index (χ2n) is 11.4. The average molecular weight is 545 g/mol. The molecule has 0 fully saturated rings. The molecule has 0 saturated carbocycles. The van der Waals surface area contributed by atoms with Crippen molar-refractivity contribution in [3.8, 4) is 0 Å². The molecule has 3 heterocycles. The van der Waals surface area contributed by atoms with Crippen LogP contribution in [-0.2, 0) is 13.6 Å². The molecule has 1 aromatic heterocycles.